The number of carbonyl (C=O) groups excluding carboxylic acids is 3. The molecule has 1 aliphatic rings. The molecule has 4 N–H and O–H groups in total. The highest BCUT2D eigenvalue weighted by Gasteiger charge is 2.44. The van der Waals surface area contributed by atoms with Gasteiger partial charge in [0.25, 0.3) is 5.91 Å². The zero-order valence-electron chi connectivity index (χ0n) is 21.3. The van der Waals surface area contributed by atoms with Crippen LogP contribution in [0, 0.1) is 12.3 Å². The third-order valence-corrected chi connectivity index (χ3v) is 7.40. The summed E-state index contributed by atoms with van der Waals surface area (Å²) in [6.07, 6.45) is 0.756. The van der Waals surface area contributed by atoms with Gasteiger partial charge in [0.15, 0.2) is 0 Å². The number of carbonyl (C=O) groups is 3. The van der Waals surface area contributed by atoms with E-state index in [9.17, 15) is 19.5 Å². The summed E-state index contributed by atoms with van der Waals surface area (Å²) in [7, 11) is 0. The highest BCUT2D eigenvalue weighted by molar-refractivity contribution is 7.13. The lowest BCUT2D eigenvalue weighted by Crippen LogP contribution is -2.57. The Bertz CT molecular complexity index is 1250. The molecule has 3 atom stereocenters. The van der Waals surface area contributed by atoms with Crippen LogP contribution in [0.5, 0.6) is 0 Å². The molecule has 0 radical (unpaired) electrons. The first kappa shape index (κ1) is 26.5. The fraction of sp³-hybridized carbons (Fsp3) is 0.423. The number of β-amino-alcohol motifs (C(OH)–C–C–N with tert-alkyl or cyclic N) is 1. The summed E-state index contributed by atoms with van der Waals surface area (Å²) in [6, 6.07) is 7.65. The quantitative estimate of drug-likeness (QED) is 0.374. The molecule has 1 fully saturated rings. The minimum Gasteiger partial charge on any atom is -0.391 e. The number of nitrogens with zero attached hydrogens (tertiary/aromatic N) is 3. The number of amides is 3. The zero-order valence-corrected chi connectivity index (χ0v) is 22.1. The van der Waals surface area contributed by atoms with E-state index in [0.717, 1.165) is 21.7 Å². The smallest absolute Gasteiger partial charge is 0.269 e. The molecule has 0 spiro atoms. The van der Waals surface area contributed by atoms with Crippen LogP contribution in [0.4, 0.5) is 0 Å². The minimum atomic E-state index is -0.911. The predicted octanol–water partition coefficient (Wildman–Crippen LogP) is 2.26. The van der Waals surface area contributed by atoms with Crippen LogP contribution >= 0.6 is 11.3 Å². The van der Waals surface area contributed by atoms with Gasteiger partial charge < -0.3 is 20.6 Å². The lowest BCUT2D eigenvalue weighted by atomic mass is 9.85. The Morgan fingerprint density at radius 3 is 2.54 bits per heavy atom. The molecule has 3 amide bonds. The van der Waals surface area contributed by atoms with Gasteiger partial charge in [-0.2, -0.15) is 5.10 Å². The number of aliphatic hydroxyl groups excluding tert-OH is 1. The molecule has 10 nitrogen and oxygen atoms in total. The van der Waals surface area contributed by atoms with Gasteiger partial charge in [-0.1, -0.05) is 45.0 Å². The van der Waals surface area contributed by atoms with E-state index in [1.54, 1.807) is 11.3 Å². The molecule has 0 unspecified atom stereocenters. The molecule has 11 heteroatoms. The van der Waals surface area contributed by atoms with Gasteiger partial charge in [0, 0.05) is 25.7 Å². The standard InChI is InChI=1S/C26H32N6O4S/c1-15-21(37-14-28-15)17-7-5-16(6-8-17)12-27-24(35)20-11-18(33)13-32(20)25(36)22(26(2,3)4)30-23(34)19-9-10-29-31-19/h5-10,14,18,20,22,33H,11-13H2,1-4H3,(H,27,35)(H,29,31)(H,30,34)/t18-,20+,22-/m1/s1. The maximum absolute atomic E-state index is 13.6. The molecule has 0 saturated carbocycles. The Hall–Kier alpha value is -3.57. The normalized spacial score (nSPS) is 18.5. The number of likely N-dealkylation sites (tertiary alicyclic amines) is 1. The van der Waals surface area contributed by atoms with Crippen LogP contribution in [0.25, 0.3) is 10.4 Å². The number of nitrogens with one attached hydrogen (secondary N) is 3. The molecule has 0 aliphatic carbocycles. The summed E-state index contributed by atoms with van der Waals surface area (Å²) in [5.74, 6) is -1.23. The number of aromatic amines is 1. The second-order valence-electron chi connectivity index (χ2n) is 10.3. The van der Waals surface area contributed by atoms with E-state index in [-0.39, 0.29) is 31.1 Å². The third kappa shape index (κ3) is 6.05. The van der Waals surface area contributed by atoms with E-state index >= 15 is 0 Å². The Balaban J connectivity index is 1.43. The van der Waals surface area contributed by atoms with E-state index in [4.69, 9.17) is 0 Å². The molecule has 2 aromatic heterocycles. The van der Waals surface area contributed by atoms with Crippen LogP contribution in [0.3, 0.4) is 0 Å². The molecule has 3 heterocycles. The summed E-state index contributed by atoms with van der Waals surface area (Å²) in [5.41, 5.74) is 4.36. The number of hydrogen-bond acceptors (Lipinski definition) is 7. The number of rotatable bonds is 7. The van der Waals surface area contributed by atoms with Crippen molar-refractivity contribution in [2.45, 2.75) is 58.8 Å². The molecule has 1 saturated heterocycles. The molecule has 1 aromatic carbocycles. The van der Waals surface area contributed by atoms with E-state index < -0.39 is 35.4 Å². The number of thiazole rings is 1. The van der Waals surface area contributed by atoms with Gasteiger partial charge >= 0.3 is 0 Å². The SMILES string of the molecule is Cc1ncsc1-c1ccc(CNC(=O)[C@@H]2C[C@@H](O)CN2C(=O)[C@@H](NC(=O)c2ccn[nH]2)C(C)(C)C)cc1. The molecule has 0 bridgehead atoms. The van der Waals surface area contributed by atoms with Gasteiger partial charge in [-0.25, -0.2) is 4.98 Å². The monoisotopic (exact) mass is 524 g/mol. The number of H-pyrrole nitrogens is 1. The number of aryl methyl sites for hydroxylation is 1. The first-order valence-electron chi connectivity index (χ1n) is 12.1. The lowest BCUT2D eigenvalue weighted by molar-refractivity contribution is -0.142. The maximum Gasteiger partial charge on any atom is 0.269 e. The fourth-order valence-electron chi connectivity index (χ4n) is 4.37. The Kier molecular flexibility index (Phi) is 7.74. The largest absolute Gasteiger partial charge is 0.391 e. The van der Waals surface area contributed by atoms with Crippen LogP contribution in [-0.4, -0.2) is 67.6 Å². The average molecular weight is 525 g/mol. The predicted molar refractivity (Wildman–Crippen MR) is 140 cm³/mol. The summed E-state index contributed by atoms with van der Waals surface area (Å²) in [4.78, 5) is 46.2. The molecular weight excluding hydrogens is 492 g/mol. The number of hydrogen-bond donors (Lipinski definition) is 4. The Morgan fingerprint density at radius 2 is 1.95 bits per heavy atom. The Morgan fingerprint density at radius 1 is 1.22 bits per heavy atom. The number of benzene rings is 1. The zero-order chi connectivity index (χ0) is 26.7. The van der Waals surface area contributed by atoms with E-state index in [1.807, 2.05) is 57.5 Å². The van der Waals surface area contributed by atoms with Crippen molar-refractivity contribution in [1.29, 1.82) is 0 Å². The number of aromatic nitrogens is 3. The Labute approximate surface area is 219 Å². The average Bonchev–Trinajstić information content (AvgIpc) is 3.61. The van der Waals surface area contributed by atoms with Crippen LogP contribution < -0.4 is 10.6 Å². The summed E-state index contributed by atoms with van der Waals surface area (Å²) in [5, 5.41) is 22.4. The number of aliphatic hydroxyl groups is 1. The van der Waals surface area contributed by atoms with Crippen molar-refractivity contribution in [1.82, 2.24) is 30.7 Å². The van der Waals surface area contributed by atoms with Gasteiger partial charge in [0.1, 0.15) is 17.8 Å². The molecule has 1 aliphatic heterocycles. The first-order chi connectivity index (χ1) is 17.5. The summed E-state index contributed by atoms with van der Waals surface area (Å²) in [6.45, 7) is 7.78. The van der Waals surface area contributed by atoms with Gasteiger partial charge in [0.05, 0.1) is 22.2 Å². The van der Waals surface area contributed by atoms with Crippen molar-refractivity contribution in [2.75, 3.05) is 6.54 Å². The highest BCUT2D eigenvalue weighted by atomic mass is 32.1. The van der Waals surface area contributed by atoms with Gasteiger partial charge in [0.2, 0.25) is 11.8 Å². The van der Waals surface area contributed by atoms with Crippen LogP contribution in [0.1, 0.15) is 48.9 Å². The fourth-order valence-corrected chi connectivity index (χ4v) is 5.18. The second kappa shape index (κ2) is 10.8. The summed E-state index contributed by atoms with van der Waals surface area (Å²) < 4.78 is 0. The van der Waals surface area contributed by atoms with Gasteiger partial charge in [-0.15, -0.1) is 11.3 Å². The highest BCUT2D eigenvalue weighted by Crippen LogP contribution is 2.28. The van der Waals surface area contributed by atoms with Crippen molar-refractivity contribution in [2.24, 2.45) is 5.41 Å². The van der Waals surface area contributed by atoms with Crippen molar-refractivity contribution >= 4 is 29.1 Å². The van der Waals surface area contributed by atoms with Gasteiger partial charge in [-0.05, 0) is 29.5 Å². The van der Waals surface area contributed by atoms with Crippen LogP contribution in [0.15, 0.2) is 42.0 Å². The molecule has 3 aromatic rings. The van der Waals surface area contributed by atoms with Crippen molar-refractivity contribution in [3.05, 3.63) is 59.0 Å². The van der Waals surface area contributed by atoms with E-state index in [0.29, 0.717) is 0 Å². The van der Waals surface area contributed by atoms with Crippen molar-refractivity contribution in [3.8, 4) is 10.4 Å². The lowest BCUT2D eigenvalue weighted by Gasteiger charge is -2.35. The molecule has 37 heavy (non-hydrogen) atoms. The van der Waals surface area contributed by atoms with Crippen LogP contribution in [0.2, 0.25) is 0 Å². The van der Waals surface area contributed by atoms with Crippen LogP contribution in [-0.2, 0) is 16.1 Å². The van der Waals surface area contributed by atoms with E-state index in [2.05, 4.69) is 25.8 Å². The summed E-state index contributed by atoms with van der Waals surface area (Å²) >= 11 is 1.58. The molecule has 196 valence electrons. The van der Waals surface area contributed by atoms with Gasteiger partial charge in [-0.3, -0.25) is 19.5 Å². The topological polar surface area (TPSA) is 140 Å². The second-order valence-corrected chi connectivity index (χ2v) is 11.2. The molecular formula is C26H32N6O4S. The van der Waals surface area contributed by atoms with E-state index in [1.165, 1.54) is 17.2 Å². The third-order valence-electron chi connectivity index (χ3n) is 6.43. The minimum absolute atomic E-state index is 0.0202. The van der Waals surface area contributed by atoms with Crippen molar-refractivity contribution < 1.29 is 19.5 Å². The maximum atomic E-state index is 13.6. The first-order valence-corrected chi connectivity index (χ1v) is 13.0. The van der Waals surface area contributed by atoms with Crippen molar-refractivity contribution in [3.63, 3.8) is 0 Å². The molecule has 4 rings (SSSR count).